The van der Waals surface area contributed by atoms with Crippen molar-refractivity contribution in [2.75, 3.05) is 5.32 Å². The highest BCUT2D eigenvalue weighted by Crippen LogP contribution is 2.48. The number of aromatic nitrogens is 3. The summed E-state index contributed by atoms with van der Waals surface area (Å²) < 4.78 is 68.9. The van der Waals surface area contributed by atoms with E-state index in [1.807, 2.05) is 0 Å². The lowest BCUT2D eigenvalue weighted by atomic mass is 10.0. The van der Waals surface area contributed by atoms with Crippen LogP contribution >= 0.6 is 27.3 Å². The summed E-state index contributed by atoms with van der Waals surface area (Å²) in [5.41, 5.74) is 4.90. The summed E-state index contributed by atoms with van der Waals surface area (Å²) in [6, 6.07) is 8.40. The molecule has 1 aliphatic rings. The fourth-order valence-electron chi connectivity index (χ4n) is 4.33. The molecule has 3 N–H and O–H groups in total. The Labute approximate surface area is 230 Å². The van der Waals surface area contributed by atoms with Gasteiger partial charge in [-0.3, -0.25) is 14.3 Å². The average molecular weight is 628 g/mol. The van der Waals surface area contributed by atoms with Gasteiger partial charge in [0.1, 0.15) is 21.4 Å². The van der Waals surface area contributed by atoms with Crippen molar-refractivity contribution in [1.82, 2.24) is 14.8 Å². The number of fused-ring (bicyclic) bond motifs is 1. The van der Waals surface area contributed by atoms with E-state index >= 15 is 0 Å². The lowest BCUT2D eigenvalue weighted by Gasteiger charge is -2.17. The summed E-state index contributed by atoms with van der Waals surface area (Å²) >= 11 is 3.75. The quantitative estimate of drug-likeness (QED) is 0.214. The molecule has 0 radical (unpaired) electrons. The highest BCUT2D eigenvalue weighted by molar-refractivity contribution is 9.10. The lowest BCUT2D eigenvalue weighted by Crippen LogP contribution is -2.27. The smallest absolute Gasteiger partial charge is 0.365 e. The molecule has 0 saturated heterocycles. The van der Waals surface area contributed by atoms with Crippen LogP contribution < -0.4 is 11.1 Å². The number of amides is 2. The van der Waals surface area contributed by atoms with E-state index in [4.69, 9.17) is 5.73 Å². The Balaban J connectivity index is 1.63. The predicted molar refractivity (Wildman–Crippen MR) is 139 cm³/mol. The van der Waals surface area contributed by atoms with Gasteiger partial charge in [-0.25, -0.2) is 13.8 Å². The zero-order chi connectivity index (χ0) is 28.2. The zero-order valence-electron chi connectivity index (χ0n) is 20.0. The molecular formula is C25H19BrF5N5O2S. The van der Waals surface area contributed by atoms with Gasteiger partial charge in [0.25, 0.3) is 12.3 Å². The van der Waals surface area contributed by atoms with Crippen LogP contribution in [0, 0.1) is 0 Å². The highest BCUT2D eigenvalue weighted by atomic mass is 79.9. The number of anilines is 1. The average Bonchev–Trinajstić information content (AvgIpc) is 3.56. The van der Waals surface area contributed by atoms with Gasteiger partial charge in [0, 0.05) is 11.3 Å². The standard InChI is InChI=1S/C25H19BrF5N5O2S/c1-10(36-18(12-7-8-12)16(26)20(35-36)25(29,30)31)23(38)34-17-15-13(11-5-3-2-4-6-11)9-14(21(27)28)33-24(15)39-19(17)22(32)37/h2-6,9-10,12,21H,7-8H2,1H3,(H2,32,37)(H,34,38). The van der Waals surface area contributed by atoms with E-state index in [2.05, 4.69) is 31.3 Å². The fourth-order valence-corrected chi connectivity index (χ4v) is 6.16. The van der Waals surface area contributed by atoms with Crippen LogP contribution in [0.15, 0.2) is 40.9 Å². The first kappa shape index (κ1) is 27.2. The largest absolute Gasteiger partial charge is 0.436 e. The number of hydrogen-bond donors (Lipinski definition) is 2. The molecule has 1 saturated carbocycles. The number of primary amides is 1. The van der Waals surface area contributed by atoms with Crippen LogP contribution in [0.25, 0.3) is 21.3 Å². The van der Waals surface area contributed by atoms with E-state index < -0.39 is 41.8 Å². The number of halogens is 6. The second-order valence-corrected chi connectivity index (χ2v) is 10.8. The summed E-state index contributed by atoms with van der Waals surface area (Å²) in [4.78, 5) is 29.7. The Morgan fingerprint density at radius 2 is 1.87 bits per heavy atom. The molecule has 1 aliphatic carbocycles. The van der Waals surface area contributed by atoms with Crippen molar-refractivity contribution in [2.45, 2.75) is 44.3 Å². The minimum absolute atomic E-state index is 0.0447. The normalized spacial score (nSPS) is 14.7. The first-order valence-corrected chi connectivity index (χ1v) is 13.3. The third-order valence-electron chi connectivity index (χ3n) is 6.33. The van der Waals surface area contributed by atoms with Crippen LogP contribution in [0.2, 0.25) is 0 Å². The predicted octanol–water partition coefficient (Wildman–Crippen LogP) is 7.05. The van der Waals surface area contributed by atoms with Crippen LogP contribution in [0.3, 0.4) is 0 Å². The molecule has 0 spiro atoms. The molecule has 3 aromatic heterocycles. The molecule has 204 valence electrons. The van der Waals surface area contributed by atoms with E-state index in [-0.39, 0.29) is 42.4 Å². The topological polar surface area (TPSA) is 103 Å². The van der Waals surface area contributed by atoms with Gasteiger partial charge in [0.15, 0.2) is 5.69 Å². The number of nitrogens with two attached hydrogens (primary N) is 1. The number of thiophene rings is 1. The maximum Gasteiger partial charge on any atom is 0.436 e. The third kappa shape index (κ3) is 5.02. The number of carbonyl (C=O) groups is 2. The van der Waals surface area contributed by atoms with Gasteiger partial charge in [0.05, 0.1) is 15.9 Å². The van der Waals surface area contributed by atoms with Crippen molar-refractivity contribution >= 4 is 55.0 Å². The van der Waals surface area contributed by atoms with Crippen molar-refractivity contribution in [3.63, 3.8) is 0 Å². The third-order valence-corrected chi connectivity index (χ3v) is 8.21. The molecule has 2 amide bonds. The molecule has 14 heteroatoms. The number of nitrogens with zero attached hydrogens (tertiary/aromatic N) is 3. The van der Waals surface area contributed by atoms with Crippen LogP contribution in [0.5, 0.6) is 0 Å². The van der Waals surface area contributed by atoms with Crippen molar-refractivity contribution in [2.24, 2.45) is 5.73 Å². The van der Waals surface area contributed by atoms with E-state index in [9.17, 15) is 31.5 Å². The molecule has 3 heterocycles. The van der Waals surface area contributed by atoms with E-state index in [1.165, 1.54) is 13.0 Å². The number of benzene rings is 1. The van der Waals surface area contributed by atoms with Crippen LogP contribution in [0.1, 0.15) is 64.9 Å². The monoisotopic (exact) mass is 627 g/mol. The fraction of sp³-hybridized carbons (Fsp3) is 0.280. The van der Waals surface area contributed by atoms with Gasteiger partial charge in [-0.1, -0.05) is 30.3 Å². The van der Waals surface area contributed by atoms with Gasteiger partial charge in [0.2, 0.25) is 5.91 Å². The highest BCUT2D eigenvalue weighted by Gasteiger charge is 2.43. The number of alkyl halides is 5. The number of carbonyl (C=O) groups excluding carboxylic acids is 2. The van der Waals surface area contributed by atoms with Crippen LogP contribution in [-0.4, -0.2) is 26.6 Å². The Kier molecular flexibility index (Phi) is 6.95. The molecular weight excluding hydrogens is 609 g/mol. The second kappa shape index (κ2) is 9.97. The van der Waals surface area contributed by atoms with Gasteiger partial charge >= 0.3 is 6.18 Å². The summed E-state index contributed by atoms with van der Waals surface area (Å²) in [6.45, 7) is 1.38. The Hall–Kier alpha value is -3.39. The molecule has 0 bridgehead atoms. The van der Waals surface area contributed by atoms with Crippen molar-refractivity contribution in [3.8, 4) is 11.1 Å². The molecule has 1 aromatic carbocycles. The van der Waals surface area contributed by atoms with Crippen LogP contribution in [-0.2, 0) is 11.0 Å². The van der Waals surface area contributed by atoms with E-state index in [1.54, 1.807) is 30.3 Å². The number of pyridine rings is 1. The SMILES string of the molecule is CC(C(=O)Nc1c(C(N)=O)sc2nc(C(F)F)cc(-c3ccccc3)c12)n1nc(C(F)(F)F)c(Br)c1C1CC1. The van der Waals surface area contributed by atoms with E-state index in [0.717, 1.165) is 16.0 Å². The minimum atomic E-state index is -4.74. The molecule has 39 heavy (non-hydrogen) atoms. The molecule has 0 aliphatic heterocycles. The van der Waals surface area contributed by atoms with Crippen molar-refractivity contribution in [3.05, 3.63) is 62.8 Å². The summed E-state index contributed by atoms with van der Waals surface area (Å²) in [5.74, 6) is -1.90. The van der Waals surface area contributed by atoms with Crippen molar-refractivity contribution in [1.29, 1.82) is 0 Å². The maximum absolute atomic E-state index is 13.7. The molecule has 7 nitrogen and oxygen atoms in total. The molecule has 1 fully saturated rings. The molecule has 4 aromatic rings. The van der Waals surface area contributed by atoms with Crippen molar-refractivity contribution < 1.29 is 31.5 Å². The van der Waals surface area contributed by atoms with Gasteiger partial charge in [-0.2, -0.15) is 18.3 Å². The Morgan fingerprint density at radius 3 is 2.44 bits per heavy atom. The first-order chi connectivity index (χ1) is 18.4. The zero-order valence-corrected chi connectivity index (χ0v) is 22.4. The number of nitrogens with one attached hydrogen (secondary N) is 1. The Morgan fingerprint density at radius 1 is 1.21 bits per heavy atom. The number of hydrogen-bond acceptors (Lipinski definition) is 5. The van der Waals surface area contributed by atoms with Gasteiger partial charge in [-0.15, -0.1) is 11.3 Å². The summed E-state index contributed by atoms with van der Waals surface area (Å²) in [7, 11) is 0. The first-order valence-electron chi connectivity index (χ1n) is 11.6. The Bertz CT molecular complexity index is 1600. The van der Waals surface area contributed by atoms with Crippen LogP contribution in [0.4, 0.5) is 27.6 Å². The van der Waals surface area contributed by atoms with E-state index in [0.29, 0.717) is 18.4 Å². The molecule has 1 atom stereocenters. The second-order valence-electron chi connectivity index (χ2n) is 9.04. The minimum Gasteiger partial charge on any atom is -0.365 e. The maximum atomic E-state index is 13.7. The number of rotatable bonds is 7. The van der Waals surface area contributed by atoms with Gasteiger partial charge < -0.3 is 11.1 Å². The lowest BCUT2D eigenvalue weighted by molar-refractivity contribution is -0.142. The summed E-state index contributed by atoms with van der Waals surface area (Å²) in [6.07, 6.45) is -6.35. The summed E-state index contributed by atoms with van der Waals surface area (Å²) in [5, 5.41) is 6.53. The molecule has 5 rings (SSSR count). The molecule has 1 unspecified atom stereocenters. The van der Waals surface area contributed by atoms with Gasteiger partial charge in [-0.05, 0) is 52.9 Å².